The largest absolute Gasteiger partial charge is 0.339 e. The zero-order chi connectivity index (χ0) is 16.5. The molecule has 2 N–H and O–H groups in total. The van der Waals surface area contributed by atoms with Gasteiger partial charge < -0.3 is 10.6 Å². The molecule has 1 aromatic heterocycles. The first-order valence-electron chi connectivity index (χ1n) is 8.21. The molecule has 1 aromatic carbocycles. The fourth-order valence-electron chi connectivity index (χ4n) is 3.16. The normalized spacial score (nSPS) is 19.5. The fourth-order valence-corrected chi connectivity index (χ4v) is 3.30. The summed E-state index contributed by atoms with van der Waals surface area (Å²) in [6, 6.07) is 8.43. The highest BCUT2D eigenvalue weighted by molar-refractivity contribution is 6.32. The van der Waals surface area contributed by atoms with Crippen molar-refractivity contribution >= 4 is 29.1 Å². The summed E-state index contributed by atoms with van der Waals surface area (Å²) in [5.41, 5.74) is 4.72. The second-order valence-electron chi connectivity index (χ2n) is 6.36. The van der Waals surface area contributed by atoms with Crippen LogP contribution in [0.2, 0.25) is 5.02 Å². The van der Waals surface area contributed by atoms with E-state index >= 15 is 0 Å². The van der Waals surface area contributed by atoms with Crippen molar-refractivity contribution in [3.8, 4) is 0 Å². The molecule has 24 heavy (non-hydrogen) atoms. The molecular formula is C19H19ClN4. The summed E-state index contributed by atoms with van der Waals surface area (Å²) < 4.78 is 0. The first-order valence-corrected chi connectivity index (χ1v) is 8.58. The van der Waals surface area contributed by atoms with Crippen LogP contribution in [0.1, 0.15) is 25.3 Å². The summed E-state index contributed by atoms with van der Waals surface area (Å²) >= 11 is 6.26. The van der Waals surface area contributed by atoms with Gasteiger partial charge >= 0.3 is 0 Å². The van der Waals surface area contributed by atoms with Crippen molar-refractivity contribution in [3.05, 3.63) is 64.5 Å². The third kappa shape index (κ3) is 3.15. The van der Waals surface area contributed by atoms with Crippen molar-refractivity contribution in [2.24, 2.45) is 5.92 Å². The van der Waals surface area contributed by atoms with Gasteiger partial charge in [0.2, 0.25) is 5.95 Å². The van der Waals surface area contributed by atoms with Crippen molar-refractivity contribution in [3.63, 3.8) is 0 Å². The monoisotopic (exact) mass is 338 g/mol. The van der Waals surface area contributed by atoms with Gasteiger partial charge in [-0.15, -0.1) is 0 Å². The number of aromatic nitrogens is 2. The molecule has 0 fully saturated rings. The zero-order valence-corrected chi connectivity index (χ0v) is 14.3. The lowest BCUT2D eigenvalue weighted by Gasteiger charge is -2.22. The number of halogens is 1. The maximum Gasteiger partial charge on any atom is 0.228 e. The molecule has 0 radical (unpaired) electrons. The lowest BCUT2D eigenvalue weighted by atomic mass is 9.89. The number of anilines is 3. The third-order valence-corrected chi connectivity index (χ3v) is 4.84. The number of aryl methyl sites for hydroxylation is 1. The van der Waals surface area contributed by atoms with Gasteiger partial charge in [0.15, 0.2) is 5.82 Å². The molecule has 4 nitrogen and oxygen atoms in total. The lowest BCUT2D eigenvalue weighted by molar-refractivity contribution is 0.577. The molecule has 1 atom stereocenters. The summed E-state index contributed by atoms with van der Waals surface area (Å²) in [6.07, 6.45) is 9.30. The fraction of sp³-hybridized carbons (Fsp3) is 0.263. The standard InChI is InChI=1S/C19H19ClN4/c1-12-5-6-14-8-7-13-3-2-4-15(9-13)22-18-16(20)11-21-19(24-18)23-17(12)10-14/h2-6,9,11,14H,7-8,10H2,1H3,(H2,21,22,23,24). The van der Waals surface area contributed by atoms with Crippen molar-refractivity contribution in [2.75, 3.05) is 10.6 Å². The van der Waals surface area contributed by atoms with E-state index in [0.29, 0.717) is 22.7 Å². The molecule has 1 aliphatic carbocycles. The van der Waals surface area contributed by atoms with Crippen LogP contribution in [0.4, 0.5) is 17.5 Å². The Hall–Kier alpha value is -2.33. The molecule has 122 valence electrons. The molecule has 1 aliphatic heterocycles. The van der Waals surface area contributed by atoms with E-state index < -0.39 is 0 Å². The number of allylic oxidation sites excluding steroid dienone is 4. The first-order chi connectivity index (χ1) is 11.7. The predicted octanol–water partition coefficient (Wildman–Crippen LogP) is 5.08. The van der Waals surface area contributed by atoms with E-state index in [-0.39, 0.29) is 0 Å². The topological polar surface area (TPSA) is 49.8 Å². The Balaban J connectivity index is 1.78. The van der Waals surface area contributed by atoms with Crippen LogP contribution >= 0.6 is 11.6 Å². The van der Waals surface area contributed by atoms with Gasteiger partial charge in [-0.25, -0.2) is 4.98 Å². The molecular weight excluding hydrogens is 320 g/mol. The number of benzene rings is 1. The minimum absolute atomic E-state index is 0.507. The molecule has 2 heterocycles. The number of rotatable bonds is 0. The maximum atomic E-state index is 6.26. The molecule has 2 aromatic rings. The van der Waals surface area contributed by atoms with Crippen LogP contribution in [-0.2, 0) is 6.42 Å². The van der Waals surface area contributed by atoms with Gasteiger partial charge in [-0.1, -0.05) is 35.9 Å². The second kappa shape index (κ2) is 6.29. The number of fused-ring (bicyclic) bond motifs is 6. The first kappa shape index (κ1) is 15.2. The molecule has 2 aliphatic rings. The van der Waals surface area contributed by atoms with Crippen LogP contribution in [0.5, 0.6) is 0 Å². The highest BCUT2D eigenvalue weighted by Gasteiger charge is 2.17. The molecule has 0 saturated carbocycles. The predicted molar refractivity (Wildman–Crippen MR) is 98.7 cm³/mol. The Bertz CT molecular complexity index is 841. The Morgan fingerprint density at radius 3 is 3.08 bits per heavy atom. The molecule has 0 amide bonds. The molecule has 0 saturated heterocycles. The molecule has 6 bridgehead atoms. The molecule has 4 rings (SSSR count). The number of nitrogens with zero attached hydrogens (tertiary/aromatic N) is 2. The average molecular weight is 339 g/mol. The zero-order valence-electron chi connectivity index (χ0n) is 13.5. The van der Waals surface area contributed by atoms with E-state index in [0.717, 1.165) is 24.9 Å². The van der Waals surface area contributed by atoms with E-state index in [9.17, 15) is 0 Å². The number of nitrogens with one attached hydrogen (secondary N) is 2. The molecule has 0 spiro atoms. The second-order valence-corrected chi connectivity index (χ2v) is 6.77. The van der Waals surface area contributed by atoms with Gasteiger partial charge in [0.25, 0.3) is 0 Å². The van der Waals surface area contributed by atoms with E-state index in [1.54, 1.807) is 6.20 Å². The van der Waals surface area contributed by atoms with Crippen molar-refractivity contribution < 1.29 is 0 Å². The van der Waals surface area contributed by atoms with Crippen LogP contribution in [-0.4, -0.2) is 9.97 Å². The van der Waals surface area contributed by atoms with Crippen molar-refractivity contribution in [1.82, 2.24) is 9.97 Å². The summed E-state index contributed by atoms with van der Waals surface area (Å²) in [4.78, 5) is 8.87. The van der Waals surface area contributed by atoms with Crippen molar-refractivity contribution in [2.45, 2.75) is 26.2 Å². The van der Waals surface area contributed by atoms with E-state index in [2.05, 4.69) is 57.9 Å². The molecule has 5 heteroatoms. The third-order valence-electron chi connectivity index (χ3n) is 4.56. The van der Waals surface area contributed by atoms with Gasteiger partial charge in [0.05, 0.1) is 6.20 Å². The van der Waals surface area contributed by atoms with Crippen LogP contribution < -0.4 is 10.6 Å². The minimum Gasteiger partial charge on any atom is -0.339 e. The van der Waals surface area contributed by atoms with Crippen LogP contribution in [0, 0.1) is 5.92 Å². The Morgan fingerprint density at radius 1 is 1.25 bits per heavy atom. The highest BCUT2D eigenvalue weighted by Crippen LogP contribution is 2.30. The van der Waals surface area contributed by atoms with E-state index in [4.69, 9.17) is 11.6 Å². The van der Waals surface area contributed by atoms with Gasteiger partial charge in [-0.05, 0) is 55.4 Å². The van der Waals surface area contributed by atoms with E-state index in [1.165, 1.54) is 16.8 Å². The molecule has 1 unspecified atom stereocenters. The maximum absolute atomic E-state index is 6.26. The SMILES string of the molecule is CC1=C2CC(C=C1)CCc1cccc(c1)Nc1nc(ncc1Cl)N2. The van der Waals surface area contributed by atoms with Crippen molar-refractivity contribution in [1.29, 1.82) is 0 Å². The summed E-state index contributed by atoms with van der Waals surface area (Å²) in [5, 5.41) is 7.19. The Kier molecular flexibility index (Phi) is 3.98. The smallest absolute Gasteiger partial charge is 0.228 e. The number of hydrogen-bond acceptors (Lipinski definition) is 4. The van der Waals surface area contributed by atoms with Gasteiger partial charge in [-0.2, -0.15) is 4.98 Å². The van der Waals surface area contributed by atoms with Gasteiger partial charge in [0, 0.05) is 11.4 Å². The summed E-state index contributed by atoms with van der Waals surface area (Å²) in [7, 11) is 0. The van der Waals surface area contributed by atoms with Crippen LogP contribution in [0.15, 0.2) is 53.9 Å². The quantitative estimate of drug-likeness (QED) is 0.703. The van der Waals surface area contributed by atoms with Crippen LogP contribution in [0.25, 0.3) is 0 Å². The number of hydrogen-bond donors (Lipinski definition) is 2. The van der Waals surface area contributed by atoms with Gasteiger partial charge in [0.1, 0.15) is 5.02 Å². The van der Waals surface area contributed by atoms with Crippen LogP contribution in [0.3, 0.4) is 0 Å². The summed E-state index contributed by atoms with van der Waals surface area (Å²) in [5.74, 6) is 1.72. The van der Waals surface area contributed by atoms with Gasteiger partial charge in [-0.3, -0.25) is 0 Å². The Morgan fingerprint density at radius 2 is 2.17 bits per heavy atom. The minimum atomic E-state index is 0.507. The van der Waals surface area contributed by atoms with E-state index in [1.807, 2.05) is 6.07 Å². The Labute approximate surface area is 146 Å². The lowest BCUT2D eigenvalue weighted by Crippen LogP contribution is -2.13. The average Bonchev–Trinajstić information content (AvgIpc) is 2.59. The summed E-state index contributed by atoms with van der Waals surface area (Å²) in [6.45, 7) is 2.12. The highest BCUT2D eigenvalue weighted by atomic mass is 35.5.